The molecule has 2 rings (SSSR count). The SMILES string of the molecule is Oc1cc(O)c(Cl)c(/C=C/c2ccccc2)c1Cl. The van der Waals surface area contributed by atoms with Gasteiger partial charge in [-0.3, -0.25) is 0 Å². The standard InChI is InChI=1S/C14H10Cl2O2/c15-13-10(14(16)12(18)8-11(13)17)7-6-9-4-2-1-3-5-9/h1-8,17-18H/b7-6+. The van der Waals surface area contributed by atoms with Crippen molar-refractivity contribution in [3.05, 3.63) is 57.6 Å². The maximum atomic E-state index is 9.52. The third-order valence-electron chi connectivity index (χ3n) is 2.44. The highest BCUT2D eigenvalue weighted by atomic mass is 35.5. The van der Waals surface area contributed by atoms with Crippen LogP contribution in [-0.4, -0.2) is 10.2 Å². The third kappa shape index (κ3) is 2.61. The number of hydrogen-bond acceptors (Lipinski definition) is 2. The van der Waals surface area contributed by atoms with Gasteiger partial charge in [-0.05, 0) is 5.56 Å². The van der Waals surface area contributed by atoms with E-state index in [2.05, 4.69) is 0 Å². The first-order valence-electron chi connectivity index (χ1n) is 5.22. The summed E-state index contributed by atoms with van der Waals surface area (Å²) in [5.74, 6) is -0.405. The highest BCUT2D eigenvalue weighted by molar-refractivity contribution is 6.39. The molecule has 0 saturated heterocycles. The van der Waals surface area contributed by atoms with Gasteiger partial charge in [0.1, 0.15) is 11.5 Å². The average molecular weight is 281 g/mol. The van der Waals surface area contributed by atoms with E-state index in [0.717, 1.165) is 11.6 Å². The molecule has 0 fully saturated rings. The summed E-state index contributed by atoms with van der Waals surface area (Å²) in [5.41, 5.74) is 1.35. The minimum atomic E-state index is -0.203. The van der Waals surface area contributed by atoms with Crippen LogP contribution in [0.1, 0.15) is 11.1 Å². The van der Waals surface area contributed by atoms with Crippen LogP contribution < -0.4 is 0 Å². The van der Waals surface area contributed by atoms with Crippen molar-refractivity contribution in [2.45, 2.75) is 0 Å². The molecule has 0 bridgehead atoms. The Bertz CT molecular complexity index is 566. The molecular weight excluding hydrogens is 271 g/mol. The number of aromatic hydroxyl groups is 2. The Morgan fingerprint density at radius 2 is 1.39 bits per heavy atom. The van der Waals surface area contributed by atoms with Crippen LogP contribution in [0.15, 0.2) is 36.4 Å². The predicted octanol–water partition coefficient (Wildman–Crippen LogP) is 4.58. The van der Waals surface area contributed by atoms with Crippen LogP contribution in [0.2, 0.25) is 10.0 Å². The zero-order chi connectivity index (χ0) is 13.1. The second-order valence-electron chi connectivity index (χ2n) is 3.70. The molecule has 2 aromatic carbocycles. The minimum absolute atomic E-state index is 0.116. The van der Waals surface area contributed by atoms with Gasteiger partial charge >= 0.3 is 0 Å². The molecule has 2 nitrogen and oxygen atoms in total. The molecule has 0 aromatic heterocycles. The van der Waals surface area contributed by atoms with Crippen LogP contribution in [0.3, 0.4) is 0 Å². The average Bonchev–Trinajstić information content (AvgIpc) is 2.38. The maximum absolute atomic E-state index is 9.52. The molecule has 0 spiro atoms. The Morgan fingerprint density at radius 3 is 1.94 bits per heavy atom. The van der Waals surface area contributed by atoms with Crippen molar-refractivity contribution in [2.24, 2.45) is 0 Å². The van der Waals surface area contributed by atoms with E-state index >= 15 is 0 Å². The van der Waals surface area contributed by atoms with Crippen LogP contribution >= 0.6 is 23.2 Å². The summed E-state index contributed by atoms with van der Waals surface area (Å²) >= 11 is 11.9. The molecule has 0 aliphatic heterocycles. The molecule has 0 radical (unpaired) electrons. The number of hydrogen-bond donors (Lipinski definition) is 2. The number of halogens is 2. The monoisotopic (exact) mass is 280 g/mol. The summed E-state index contributed by atoms with van der Waals surface area (Å²) in [4.78, 5) is 0. The van der Waals surface area contributed by atoms with Gasteiger partial charge in [0.15, 0.2) is 0 Å². The topological polar surface area (TPSA) is 40.5 Å². The van der Waals surface area contributed by atoms with E-state index in [-0.39, 0.29) is 21.5 Å². The van der Waals surface area contributed by atoms with Crippen LogP contribution in [0.25, 0.3) is 12.2 Å². The zero-order valence-electron chi connectivity index (χ0n) is 9.27. The highest BCUT2D eigenvalue weighted by Crippen LogP contribution is 2.40. The molecule has 0 aliphatic carbocycles. The fourth-order valence-electron chi connectivity index (χ4n) is 1.52. The molecule has 2 aromatic rings. The number of benzene rings is 2. The van der Waals surface area contributed by atoms with Gasteiger partial charge in [0.05, 0.1) is 10.0 Å². The molecule has 0 aliphatic rings. The lowest BCUT2D eigenvalue weighted by Crippen LogP contribution is -1.81. The minimum Gasteiger partial charge on any atom is -0.506 e. The van der Waals surface area contributed by atoms with Crippen molar-refractivity contribution in [1.82, 2.24) is 0 Å². The van der Waals surface area contributed by atoms with Gasteiger partial charge in [-0.25, -0.2) is 0 Å². The zero-order valence-corrected chi connectivity index (χ0v) is 10.8. The van der Waals surface area contributed by atoms with Gasteiger partial charge < -0.3 is 10.2 Å². The van der Waals surface area contributed by atoms with Crippen molar-refractivity contribution in [3.63, 3.8) is 0 Å². The fraction of sp³-hybridized carbons (Fsp3) is 0. The van der Waals surface area contributed by atoms with E-state index in [1.165, 1.54) is 0 Å². The first-order valence-corrected chi connectivity index (χ1v) is 5.98. The number of rotatable bonds is 2. The molecule has 4 heteroatoms. The Hall–Kier alpha value is -1.64. The van der Waals surface area contributed by atoms with Gasteiger partial charge in [0.25, 0.3) is 0 Å². The first kappa shape index (κ1) is 12.8. The van der Waals surface area contributed by atoms with Gasteiger partial charge in [0, 0.05) is 11.6 Å². The summed E-state index contributed by atoms with van der Waals surface area (Å²) in [6, 6.07) is 10.7. The normalized spacial score (nSPS) is 11.0. The largest absolute Gasteiger partial charge is 0.506 e. The van der Waals surface area contributed by atoms with E-state index in [0.29, 0.717) is 5.56 Å². The summed E-state index contributed by atoms with van der Waals surface area (Å²) in [5, 5.41) is 19.3. The molecule has 0 atom stereocenters. The van der Waals surface area contributed by atoms with Crippen LogP contribution in [0, 0.1) is 0 Å². The number of phenols is 2. The van der Waals surface area contributed by atoms with Crippen molar-refractivity contribution in [3.8, 4) is 11.5 Å². The van der Waals surface area contributed by atoms with E-state index < -0.39 is 0 Å². The molecule has 2 N–H and O–H groups in total. The van der Waals surface area contributed by atoms with Crippen LogP contribution in [-0.2, 0) is 0 Å². The van der Waals surface area contributed by atoms with Crippen LogP contribution in [0.5, 0.6) is 11.5 Å². The maximum Gasteiger partial charge on any atom is 0.138 e. The number of phenolic OH excluding ortho intramolecular Hbond substituents is 2. The lowest BCUT2D eigenvalue weighted by atomic mass is 10.1. The summed E-state index contributed by atoms with van der Waals surface area (Å²) in [6.45, 7) is 0. The Labute approximate surface area is 115 Å². The highest BCUT2D eigenvalue weighted by Gasteiger charge is 2.12. The lowest BCUT2D eigenvalue weighted by Gasteiger charge is -2.06. The Balaban J connectivity index is 2.44. The predicted molar refractivity (Wildman–Crippen MR) is 75.2 cm³/mol. The molecule has 18 heavy (non-hydrogen) atoms. The van der Waals surface area contributed by atoms with Gasteiger partial charge in [-0.1, -0.05) is 65.7 Å². The third-order valence-corrected chi connectivity index (χ3v) is 3.23. The summed E-state index contributed by atoms with van der Waals surface area (Å²) in [6.07, 6.45) is 3.45. The molecule has 0 amide bonds. The molecule has 92 valence electrons. The summed E-state index contributed by atoms with van der Waals surface area (Å²) < 4.78 is 0. The Kier molecular flexibility index (Phi) is 3.80. The second kappa shape index (κ2) is 5.34. The molecule has 0 heterocycles. The quantitative estimate of drug-likeness (QED) is 0.791. The molecule has 0 unspecified atom stereocenters. The first-order chi connectivity index (χ1) is 8.59. The van der Waals surface area contributed by atoms with E-state index in [4.69, 9.17) is 23.2 Å². The van der Waals surface area contributed by atoms with Crippen molar-refractivity contribution in [1.29, 1.82) is 0 Å². The Morgan fingerprint density at radius 1 is 0.833 bits per heavy atom. The lowest BCUT2D eigenvalue weighted by molar-refractivity contribution is 0.450. The van der Waals surface area contributed by atoms with Gasteiger partial charge in [-0.2, -0.15) is 0 Å². The molecule has 0 saturated carbocycles. The molecular formula is C14H10Cl2O2. The van der Waals surface area contributed by atoms with Crippen molar-refractivity contribution >= 4 is 35.4 Å². The summed E-state index contributed by atoms with van der Waals surface area (Å²) in [7, 11) is 0. The van der Waals surface area contributed by atoms with E-state index in [9.17, 15) is 10.2 Å². The van der Waals surface area contributed by atoms with Crippen molar-refractivity contribution in [2.75, 3.05) is 0 Å². The second-order valence-corrected chi connectivity index (χ2v) is 4.46. The van der Waals surface area contributed by atoms with Crippen molar-refractivity contribution < 1.29 is 10.2 Å². The van der Waals surface area contributed by atoms with E-state index in [1.54, 1.807) is 12.2 Å². The van der Waals surface area contributed by atoms with Gasteiger partial charge in [0.2, 0.25) is 0 Å². The van der Waals surface area contributed by atoms with Crippen LogP contribution in [0.4, 0.5) is 0 Å². The van der Waals surface area contributed by atoms with E-state index in [1.807, 2.05) is 30.3 Å². The smallest absolute Gasteiger partial charge is 0.138 e. The van der Waals surface area contributed by atoms with Gasteiger partial charge in [-0.15, -0.1) is 0 Å². The fourth-order valence-corrected chi connectivity index (χ4v) is 1.99.